The number of carboxylic acid groups (broad SMARTS) is 2. The van der Waals surface area contributed by atoms with Gasteiger partial charge in [-0.05, 0) is 48.9 Å². The summed E-state index contributed by atoms with van der Waals surface area (Å²) in [5.41, 5.74) is 0.266. The van der Waals surface area contributed by atoms with E-state index in [9.17, 15) is 24.3 Å². The molecular weight excluding hydrogens is 528 g/mol. The van der Waals surface area contributed by atoms with Crippen LogP contribution in [0.15, 0.2) is 77.7 Å². The molecule has 12 heteroatoms. The summed E-state index contributed by atoms with van der Waals surface area (Å²) in [6.45, 7) is 1.79. The fourth-order valence-corrected chi connectivity index (χ4v) is 5.13. The van der Waals surface area contributed by atoms with E-state index in [2.05, 4.69) is 20.8 Å². The minimum Gasteiger partial charge on any atom is -0.478 e. The summed E-state index contributed by atoms with van der Waals surface area (Å²) in [6.07, 6.45) is 0. The van der Waals surface area contributed by atoms with Gasteiger partial charge < -0.3 is 15.5 Å². The largest absolute Gasteiger partial charge is 0.478 e. The van der Waals surface area contributed by atoms with Crippen molar-refractivity contribution < 1.29 is 29.4 Å². The van der Waals surface area contributed by atoms with Crippen LogP contribution in [0.3, 0.4) is 0 Å². The van der Waals surface area contributed by atoms with Crippen LogP contribution in [-0.2, 0) is 4.79 Å². The van der Waals surface area contributed by atoms with Crippen molar-refractivity contribution in [3.8, 4) is 0 Å². The molecule has 0 saturated carbocycles. The maximum atomic E-state index is 13.2. The molecule has 1 unspecified atom stereocenters. The van der Waals surface area contributed by atoms with Crippen molar-refractivity contribution in [3.63, 3.8) is 0 Å². The van der Waals surface area contributed by atoms with Gasteiger partial charge in [-0.1, -0.05) is 47.7 Å². The van der Waals surface area contributed by atoms with E-state index in [1.165, 1.54) is 29.2 Å². The van der Waals surface area contributed by atoms with E-state index >= 15 is 0 Å². The van der Waals surface area contributed by atoms with Crippen LogP contribution in [-0.4, -0.2) is 44.2 Å². The molecule has 0 radical (unpaired) electrons. The number of aryl methyl sites for hydroxylation is 1. The van der Waals surface area contributed by atoms with Crippen LogP contribution in [0.2, 0.25) is 0 Å². The van der Waals surface area contributed by atoms with Gasteiger partial charge in [-0.2, -0.15) is 0 Å². The van der Waals surface area contributed by atoms with Crippen molar-refractivity contribution in [1.82, 2.24) is 10.2 Å². The summed E-state index contributed by atoms with van der Waals surface area (Å²) >= 11 is 2.52. The molecule has 1 heterocycles. The fourth-order valence-electron chi connectivity index (χ4n) is 3.45. The van der Waals surface area contributed by atoms with Crippen LogP contribution >= 0.6 is 23.1 Å². The zero-order valence-corrected chi connectivity index (χ0v) is 21.4. The SMILES string of the molecule is Cc1nnc(NC(=O)C(Sc2cccc(NC(=O)c3ccc(C(=O)O)cc3C(=O)O)c2)c2ccccc2)s1. The van der Waals surface area contributed by atoms with Crippen molar-refractivity contribution >= 4 is 57.7 Å². The average molecular weight is 549 g/mol. The third-order valence-corrected chi connectivity index (χ3v) is 7.19. The van der Waals surface area contributed by atoms with Gasteiger partial charge in [0.1, 0.15) is 10.3 Å². The second kappa shape index (κ2) is 11.7. The maximum absolute atomic E-state index is 13.2. The smallest absolute Gasteiger partial charge is 0.336 e. The Bertz CT molecular complexity index is 1520. The number of hydrogen-bond donors (Lipinski definition) is 4. The first kappa shape index (κ1) is 26.5. The minimum atomic E-state index is -1.43. The van der Waals surface area contributed by atoms with Crippen LogP contribution in [0.5, 0.6) is 0 Å². The van der Waals surface area contributed by atoms with Gasteiger partial charge in [0.15, 0.2) is 0 Å². The third-order valence-electron chi connectivity index (χ3n) is 5.18. The lowest BCUT2D eigenvalue weighted by Gasteiger charge is -2.17. The molecule has 0 aliphatic rings. The first-order chi connectivity index (χ1) is 18.2. The highest BCUT2D eigenvalue weighted by Crippen LogP contribution is 2.37. The number of nitrogens with one attached hydrogen (secondary N) is 2. The number of amides is 2. The molecule has 0 saturated heterocycles. The van der Waals surface area contributed by atoms with E-state index in [1.54, 1.807) is 31.2 Å². The summed E-state index contributed by atoms with van der Waals surface area (Å²) in [6, 6.07) is 19.2. The molecule has 10 nitrogen and oxygen atoms in total. The number of aromatic carboxylic acids is 2. The number of aromatic nitrogens is 2. The Hall–Kier alpha value is -4.55. The number of thioether (sulfide) groups is 1. The standard InChI is InChI=1S/C26H20N4O6S2/c1-14-29-30-26(37-14)28-23(32)21(15-6-3-2-4-7-15)38-18-9-5-8-17(13-18)27-22(31)19-11-10-16(24(33)34)12-20(19)25(35)36/h2-13,21H,1H3,(H,27,31)(H,33,34)(H,35,36)(H,28,30,32). The highest BCUT2D eigenvalue weighted by atomic mass is 32.2. The van der Waals surface area contributed by atoms with Gasteiger partial charge in [-0.3, -0.25) is 14.9 Å². The first-order valence-electron chi connectivity index (χ1n) is 11.1. The van der Waals surface area contributed by atoms with Gasteiger partial charge in [-0.25, -0.2) is 9.59 Å². The van der Waals surface area contributed by atoms with Crippen molar-refractivity contribution in [2.45, 2.75) is 17.1 Å². The van der Waals surface area contributed by atoms with Crippen LogP contribution in [0, 0.1) is 6.92 Å². The average Bonchev–Trinajstić information content (AvgIpc) is 3.31. The molecule has 0 aliphatic heterocycles. The third kappa shape index (κ3) is 6.41. The maximum Gasteiger partial charge on any atom is 0.336 e. The number of hydrogen-bond acceptors (Lipinski definition) is 8. The minimum absolute atomic E-state index is 0.186. The highest BCUT2D eigenvalue weighted by Gasteiger charge is 2.24. The summed E-state index contributed by atoms with van der Waals surface area (Å²) < 4.78 is 0. The lowest BCUT2D eigenvalue weighted by atomic mass is 10.0. The van der Waals surface area contributed by atoms with Crippen LogP contribution < -0.4 is 10.6 Å². The normalized spacial score (nSPS) is 11.4. The Labute approximate surface area is 224 Å². The Morgan fingerprint density at radius 1 is 0.842 bits per heavy atom. The number of nitrogens with zero attached hydrogens (tertiary/aromatic N) is 2. The predicted molar refractivity (Wildman–Crippen MR) is 143 cm³/mol. The molecule has 4 aromatic rings. The fraction of sp³-hybridized carbons (Fsp3) is 0.0769. The van der Waals surface area contributed by atoms with Gasteiger partial charge in [0.05, 0.1) is 16.7 Å². The molecule has 4 rings (SSSR count). The summed E-state index contributed by atoms with van der Waals surface area (Å²) in [7, 11) is 0. The molecule has 1 aromatic heterocycles. The van der Waals surface area contributed by atoms with Gasteiger partial charge in [-0.15, -0.1) is 22.0 Å². The van der Waals surface area contributed by atoms with Crippen molar-refractivity contribution in [3.05, 3.63) is 100 Å². The number of benzene rings is 3. The molecular formula is C26H20N4O6S2. The monoisotopic (exact) mass is 548 g/mol. The van der Waals surface area contributed by atoms with Gasteiger partial charge in [0.25, 0.3) is 5.91 Å². The predicted octanol–water partition coefficient (Wildman–Crippen LogP) is 4.97. The Balaban J connectivity index is 1.56. The van der Waals surface area contributed by atoms with Crippen molar-refractivity contribution in [2.75, 3.05) is 10.6 Å². The Morgan fingerprint density at radius 3 is 2.26 bits per heavy atom. The second-order valence-corrected chi connectivity index (χ2v) is 10.2. The number of carbonyl (C=O) groups excluding carboxylic acids is 2. The Kier molecular flexibility index (Phi) is 8.14. The zero-order chi connectivity index (χ0) is 27.2. The van der Waals surface area contributed by atoms with E-state index in [0.717, 1.165) is 22.7 Å². The Morgan fingerprint density at radius 2 is 1.61 bits per heavy atom. The lowest BCUT2D eigenvalue weighted by Crippen LogP contribution is -2.19. The van der Waals surface area contributed by atoms with E-state index in [-0.39, 0.29) is 17.0 Å². The first-order valence-corrected chi connectivity index (χ1v) is 12.8. The molecule has 0 spiro atoms. The summed E-state index contributed by atoms with van der Waals surface area (Å²) in [4.78, 5) is 49.6. The van der Waals surface area contributed by atoms with E-state index in [1.807, 2.05) is 30.3 Å². The molecule has 2 amide bonds. The molecule has 38 heavy (non-hydrogen) atoms. The number of carboxylic acids is 2. The van der Waals surface area contributed by atoms with E-state index in [4.69, 9.17) is 5.11 Å². The highest BCUT2D eigenvalue weighted by molar-refractivity contribution is 8.00. The second-order valence-electron chi connectivity index (χ2n) is 7.88. The van der Waals surface area contributed by atoms with Gasteiger partial charge in [0.2, 0.25) is 11.0 Å². The molecule has 4 N–H and O–H groups in total. The topological polar surface area (TPSA) is 159 Å². The molecule has 1 atom stereocenters. The molecule has 192 valence electrons. The number of anilines is 2. The molecule has 0 bridgehead atoms. The number of rotatable bonds is 9. The van der Waals surface area contributed by atoms with Crippen LogP contribution in [0.4, 0.5) is 10.8 Å². The lowest BCUT2D eigenvalue weighted by molar-refractivity contribution is -0.115. The summed E-state index contributed by atoms with van der Waals surface area (Å²) in [5.74, 6) is -3.74. The van der Waals surface area contributed by atoms with Crippen molar-refractivity contribution in [1.29, 1.82) is 0 Å². The van der Waals surface area contributed by atoms with Crippen LogP contribution in [0.25, 0.3) is 0 Å². The molecule has 0 fully saturated rings. The van der Waals surface area contributed by atoms with Gasteiger partial charge >= 0.3 is 11.9 Å². The number of carbonyl (C=O) groups is 4. The van der Waals surface area contributed by atoms with E-state index in [0.29, 0.717) is 15.7 Å². The molecule has 0 aliphatic carbocycles. The van der Waals surface area contributed by atoms with E-state index < -0.39 is 28.7 Å². The molecule has 3 aromatic carbocycles. The zero-order valence-electron chi connectivity index (χ0n) is 19.7. The van der Waals surface area contributed by atoms with Crippen LogP contribution in [0.1, 0.15) is 46.9 Å². The van der Waals surface area contributed by atoms with Gasteiger partial charge in [0, 0.05) is 10.6 Å². The summed E-state index contributed by atoms with van der Waals surface area (Å²) in [5, 5.41) is 32.4. The van der Waals surface area contributed by atoms with Crippen molar-refractivity contribution in [2.24, 2.45) is 0 Å². The quantitative estimate of drug-likeness (QED) is 0.212.